The van der Waals surface area contributed by atoms with Crippen LogP contribution in [-0.2, 0) is 9.53 Å². The molecule has 0 amide bonds. The van der Waals surface area contributed by atoms with Gasteiger partial charge in [-0.2, -0.15) is 0 Å². The Labute approximate surface area is 201 Å². The van der Waals surface area contributed by atoms with E-state index in [-0.39, 0.29) is 17.6 Å². The van der Waals surface area contributed by atoms with Gasteiger partial charge in [-0.05, 0) is 73.5 Å². The second kappa shape index (κ2) is 9.87. The standard InChI is InChI=1S/C24H24Cl2FNO5/c1-32-24(31)19-10-18(13-4-5-13)21(11-20(19)27)33-17-3-2-6-28(12-17)22(23(29)30)14-7-15(25)9-16(26)8-14/h7-11,13,17,22H,2-6,12H2,1H3,(H,29,30)/t17?,22-/m1/s1. The van der Waals surface area contributed by atoms with Crippen LogP contribution in [0.2, 0.25) is 10.0 Å². The number of esters is 1. The normalized spacial score (nSPS) is 19.7. The quantitative estimate of drug-likeness (QED) is 0.513. The van der Waals surface area contributed by atoms with Crippen molar-refractivity contribution < 1.29 is 28.6 Å². The van der Waals surface area contributed by atoms with Crippen LogP contribution in [0.5, 0.6) is 5.75 Å². The molecule has 0 aromatic heterocycles. The van der Waals surface area contributed by atoms with Crippen molar-refractivity contribution in [2.24, 2.45) is 0 Å². The van der Waals surface area contributed by atoms with Crippen LogP contribution in [0.3, 0.4) is 0 Å². The van der Waals surface area contributed by atoms with Crippen molar-refractivity contribution >= 4 is 35.1 Å². The fourth-order valence-corrected chi connectivity index (χ4v) is 4.92. The maximum absolute atomic E-state index is 14.6. The van der Waals surface area contributed by atoms with Gasteiger partial charge in [-0.15, -0.1) is 0 Å². The Bertz CT molecular complexity index is 1050. The minimum atomic E-state index is -1.01. The van der Waals surface area contributed by atoms with E-state index in [2.05, 4.69) is 4.74 Å². The Hall–Kier alpha value is -2.35. The molecule has 1 N–H and O–H groups in total. The third-order valence-electron chi connectivity index (χ3n) is 6.02. The van der Waals surface area contributed by atoms with E-state index in [9.17, 15) is 19.1 Å². The third-order valence-corrected chi connectivity index (χ3v) is 6.46. The molecule has 0 radical (unpaired) electrons. The molecule has 1 aliphatic heterocycles. The first-order chi connectivity index (χ1) is 15.8. The number of carbonyl (C=O) groups is 2. The van der Waals surface area contributed by atoms with Crippen molar-refractivity contribution in [3.8, 4) is 5.75 Å². The van der Waals surface area contributed by atoms with Gasteiger partial charge in [-0.25, -0.2) is 9.18 Å². The van der Waals surface area contributed by atoms with Gasteiger partial charge >= 0.3 is 11.9 Å². The van der Waals surface area contributed by atoms with Crippen LogP contribution in [-0.4, -0.2) is 48.2 Å². The fourth-order valence-electron chi connectivity index (χ4n) is 4.37. The van der Waals surface area contributed by atoms with Gasteiger partial charge in [0.25, 0.3) is 0 Å². The first-order valence-corrected chi connectivity index (χ1v) is 11.5. The van der Waals surface area contributed by atoms with Crippen LogP contribution in [0, 0.1) is 5.82 Å². The number of carboxylic acids is 1. The number of hydrogen-bond acceptors (Lipinski definition) is 5. The Morgan fingerprint density at radius 1 is 1.12 bits per heavy atom. The number of likely N-dealkylation sites (tertiary alicyclic amines) is 1. The summed E-state index contributed by atoms with van der Waals surface area (Å²) < 4.78 is 25.5. The van der Waals surface area contributed by atoms with Gasteiger partial charge in [-0.3, -0.25) is 9.69 Å². The van der Waals surface area contributed by atoms with E-state index >= 15 is 0 Å². The predicted molar refractivity (Wildman–Crippen MR) is 122 cm³/mol. The molecule has 0 bridgehead atoms. The maximum Gasteiger partial charge on any atom is 0.340 e. The number of piperidine rings is 1. The smallest absolute Gasteiger partial charge is 0.340 e. The highest BCUT2D eigenvalue weighted by atomic mass is 35.5. The zero-order valence-electron chi connectivity index (χ0n) is 18.0. The van der Waals surface area contributed by atoms with Crippen LogP contribution < -0.4 is 4.74 Å². The highest BCUT2D eigenvalue weighted by molar-refractivity contribution is 6.34. The van der Waals surface area contributed by atoms with E-state index in [1.807, 2.05) is 4.90 Å². The molecule has 4 rings (SSSR count). The summed E-state index contributed by atoms with van der Waals surface area (Å²) in [6.07, 6.45) is 2.95. The zero-order chi connectivity index (χ0) is 23.7. The Kier molecular flexibility index (Phi) is 7.12. The largest absolute Gasteiger partial charge is 0.489 e. The molecule has 2 fully saturated rings. The van der Waals surface area contributed by atoms with E-state index in [4.69, 9.17) is 27.9 Å². The molecule has 33 heavy (non-hydrogen) atoms. The molecule has 176 valence electrons. The molecule has 2 aromatic rings. The summed E-state index contributed by atoms with van der Waals surface area (Å²) in [5.74, 6) is -1.84. The lowest BCUT2D eigenvalue weighted by atomic mass is 10.00. The van der Waals surface area contributed by atoms with Gasteiger partial charge in [0.2, 0.25) is 0 Å². The molecule has 6 nitrogen and oxygen atoms in total. The number of ether oxygens (including phenoxy) is 2. The summed E-state index contributed by atoms with van der Waals surface area (Å²) in [5.41, 5.74) is 1.17. The highest BCUT2D eigenvalue weighted by Crippen LogP contribution is 2.45. The molecule has 2 atom stereocenters. The average molecular weight is 496 g/mol. The second-order valence-electron chi connectivity index (χ2n) is 8.46. The number of carboxylic acid groups (broad SMARTS) is 1. The summed E-state index contributed by atoms with van der Waals surface area (Å²) in [6, 6.07) is 6.58. The zero-order valence-corrected chi connectivity index (χ0v) is 19.5. The molecule has 1 unspecified atom stereocenters. The van der Waals surface area contributed by atoms with Crippen LogP contribution >= 0.6 is 23.2 Å². The molecule has 1 aliphatic carbocycles. The number of benzene rings is 2. The van der Waals surface area contributed by atoms with E-state index in [0.717, 1.165) is 18.4 Å². The van der Waals surface area contributed by atoms with Crippen molar-refractivity contribution in [1.82, 2.24) is 4.90 Å². The van der Waals surface area contributed by atoms with E-state index in [1.54, 1.807) is 18.2 Å². The number of methoxy groups -OCH3 is 1. The van der Waals surface area contributed by atoms with Crippen LogP contribution in [0.15, 0.2) is 30.3 Å². The van der Waals surface area contributed by atoms with Crippen molar-refractivity contribution in [2.45, 2.75) is 43.7 Å². The Morgan fingerprint density at radius 2 is 1.82 bits per heavy atom. The number of rotatable bonds is 7. The van der Waals surface area contributed by atoms with Gasteiger partial charge in [0.15, 0.2) is 0 Å². The number of halogens is 3. The lowest BCUT2D eigenvalue weighted by Crippen LogP contribution is -2.45. The van der Waals surface area contributed by atoms with E-state index in [1.165, 1.54) is 19.2 Å². The highest BCUT2D eigenvalue weighted by Gasteiger charge is 2.35. The minimum absolute atomic E-state index is 0.110. The summed E-state index contributed by atoms with van der Waals surface area (Å²) in [5, 5.41) is 10.7. The summed E-state index contributed by atoms with van der Waals surface area (Å²) >= 11 is 12.2. The first-order valence-electron chi connectivity index (χ1n) is 10.8. The molecule has 2 aliphatic rings. The van der Waals surface area contributed by atoms with Crippen molar-refractivity contribution in [2.75, 3.05) is 20.2 Å². The lowest BCUT2D eigenvalue weighted by molar-refractivity contribution is -0.144. The number of hydrogen-bond donors (Lipinski definition) is 1. The molecule has 1 heterocycles. The molecule has 1 saturated carbocycles. The monoisotopic (exact) mass is 495 g/mol. The SMILES string of the molecule is COC(=O)c1cc(C2CC2)c(OC2CCCN([C@@H](C(=O)O)c3cc(Cl)cc(Cl)c3)C2)cc1F. The van der Waals surface area contributed by atoms with Gasteiger partial charge in [0, 0.05) is 22.7 Å². The summed E-state index contributed by atoms with van der Waals surface area (Å²) in [6.45, 7) is 0.900. The maximum atomic E-state index is 14.6. The average Bonchev–Trinajstić information content (AvgIpc) is 3.58. The fraction of sp³-hybridized carbons (Fsp3) is 0.417. The van der Waals surface area contributed by atoms with Crippen molar-refractivity contribution in [1.29, 1.82) is 0 Å². The second-order valence-corrected chi connectivity index (χ2v) is 9.33. The van der Waals surface area contributed by atoms with Crippen LogP contribution in [0.4, 0.5) is 4.39 Å². The minimum Gasteiger partial charge on any atom is -0.489 e. The van der Waals surface area contributed by atoms with E-state index in [0.29, 0.717) is 47.3 Å². The number of carbonyl (C=O) groups excluding carboxylic acids is 1. The van der Waals surface area contributed by atoms with Crippen molar-refractivity contribution in [3.05, 3.63) is 62.9 Å². The molecule has 0 spiro atoms. The number of aliphatic carboxylic acids is 1. The Balaban J connectivity index is 1.57. The molecule has 1 saturated heterocycles. The number of nitrogens with zero attached hydrogens (tertiary/aromatic N) is 1. The summed E-state index contributed by atoms with van der Waals surface area (Å²) in [7, 11) is 1.21. The topological polar surface area (TPSA) is 76.1 Å². The van der Waals surface area contributed by atoms with Gasteiger partial charge in [0.1, 0.15) is 23.7 Å². The van der Waals surface area contributed by atoms with Gasteiger partial charge < -0.3 is 14.6 Å². The molecular formula is C24H24Cl2FNO5. The van der Waals surface area contributed by atoms with Crippen LogP contribution in [0.1, 0.15) is 59.1 Å². The van der Waals surface area contributed by atoms with Crippen molar-refractivity contribution in [3.63, 3.8) is 0 Å². The third kappa shape index (κ3) is 5.42. The molecule has 9 heteroatoms. The summed E-state index contributed by atoms with van der Waals surface area (Å²) in [4.78, 5) is 25.9. The lowest BCUT2D eigenvalue weighted by Gasteiger charge is -2.37. The molecular weight excluding hydrogens is 472 g/mol. The van der Waals surface area contributed by atoms with E-state index < -0.39 is 23.8 Å². The first kappa shape index (κ1) is 23.8. The molecule has 2 aromatic carbocycles. The Morgan fingerprint density at radius 3 is 2.42 bits per heavy atom. The van der Waals surface area contributed by atoms with Crippen LogP contribution in [0.25, 0.3) is 0 Å². The predicted octanol–water partition coefficient (Wildman–Crippen LogP) is 5.47. The van der Waals surface area contributed by atoms with Gasteiger partial charge in [-0.1, -0.05) is 23.2 Å². The van der Waals surface area contributed by atoms with Gasteiger partial charge in [0.05, 0.1) is 12.7 Å².